The van der Waals surface area contributed by atoms with E-state index >= 15 is 0 Å². The highest BCUT2D eigenvalue weighted by Crippen LogP contribution is 2.42. The first-order valence-electron chi connectivity index (χ1n) is 9.77. The average molecular weight is 460 g/mol. The van der Waals surface area contributed by atoms with E-state index in [1.54, 1.807) is 25.2 Å². The minimum atomic E-state index is -0.449. The van der Waals surface area contributed by atoms with Crippen LogP contribution in [0.4, 0.5) is 9.18 Å². The molecule has 0 N–H and O–H groups in total. The van der Waals surface area contributed by atoms with Crippen LogP contribution in [0.3, 0.4) is 0 Å². The van der Waals surface area contributed by atoms with Crippen molar-refractivity contribution in [2.45, 2.75) is 19.1 Å². The Bertz CT molecular complexity index is 1110. The summed E-state index contributed by atoms with van der Waals surface area (Å²) >= 11 is 12.3. The van der Waals surface area contributed by atoms with Gasteiger partial charge >= 0.3 is 6.09 Å². The highest BCUT2D eigenvalue weighted by molar-refractivity contribution is 6.36. The molecule has 3 aromatic rings. The smallest absolute Gasteiger partial charge is 0.409 e. The lowest BCUT2D eigenvalue weighted by molar-refractivity contribution is 0.0895. The van der Waals surface area contributed by atoms with E-state index in [1.165, 1.54) is 17.0 Å². The summed E-state index contributed by atoms with van der Waals surface area (Å²) in [4.78, 5) is 13.8. The summed E-state index contributed by atoms with van der Waals surface area (Å²) in [5, 5.41) is 0.908. The van der Waals surface area contributed by atoms with Crippen molar-refractivity contribution in [2.24, 2.45) is 0 Å². The molecule has 0 spiro atoms. The monoisotopic (exact) mass is 459 g/mol. The van der Waals surface area contributed by atoms with Crippen molar-refractivity contribution in [3.05, 3.63) is 87.7 Å². The molecular formula is C24H20Cl2FNO3. The summed E-state index contributed by atoms with van der Waals surface area (Å²) in [6, 6.07) is 17.4. The maximum absolute atomic E-state index is 14.3. The lowest BCUT2D eigenvalue weighted by Gasteiger charge is -2.21. The van der Waals surface area contributed by atoms with Gasteiger partial charge in [0.05, 0.1) is 11.6 Å². The van der Waals surface area contributed by atoms with Gasteiger partial charge in [0.15, 0.2) is 0 Å². The van der Waals surface area contributed by atoms with Crippen molar-refractivity contribution >= 4 is 29.3 Å². The zero-order chi connectivity index (χ0) is 22.0. The van der Waals surface area contributed by atoms with Crippen LogP contribution in [-0.2, 0) is 17.8 Å². The van der Waals surface area contributed by atoms with Gasteiger partial charge in [-0.2, -0.15) is 0 Å². The molecule has 4 nitrogen and oxygen atoms in total. The number of ether oxygens (including phenoxy) is 2. The van der Waals surface area contributed by atoms with Crippen molar-refractivity contribution < 1.29 is 18.7 Å². The summed E-state index contributed by atoms with van der Waals surface area (Å²) < 4.78 is 25.8. The highest BCUT2D eigenvalue weighted by Gasteiger charge is 2.29. The lowest BCUT2D eigenvalue weighted by atomic mass is 10.00. The molecular weight excluding hydrogens is 440 g/mol. The van der Waals surface area contributed by atoms with Gasteiger partial charge in [0.2, 0.25) is 0 Å². The SMILES string of the molecule is CN(CC1Cc2cc(F)cc(-c3ccc(Cl)cc3Cl)c2O1)C(=O)OCc1ccccc1. The Balaban J connectivity index is 1.45. The summed E-state index contributed by atoms with van der Waals surface area (Å²) in [7, 11) is 1.65. The number of amides is 1. The Morgan fingerprint density at radius 1 is 1.13 bits per heavy atom. The van der Waals surface area contributed by atoms with Gasteiger partial charge in [-0.25, -0.2) is 9.18 Å². The van der Waals surface area contributed by atoms with Crippen LogP contribution in [0, 0.1) is 5.82 Å². The van der Waals surface area contributed by atoms with Crippen LogP contribution in [0.2, 0.25) is 10.0 Å². The Kier molecular flexibility index (Phi) is 6.35. The van der Waals surface area contributed by atoms with Crippen LogP contribution in [0.1, 0.15) is 11.1 Å². The van der Waals surface area contributed by atoms with Gasteiger partial charge < -0.3 is 14.4 Å². The summed E-state index contributed by atoms with van der Waals surface area (Å²) in [6.07, 6.45) is -0.298. The van der Waals surface area contributed by atoms with Crippen molar-refractivity contribution in [3.8, 4) is 16.9 Å². The van der Waals surface area contributed by atoms with E-state index in [9.17, 15) is 9.18 Å². The maximum atomic E-state index is 14.3. The molecule has 160 valence electrons. The molecule has 1 unspecified atom stereocenters. The summed E-state index contributed by atoms with van der Waals surface area (Å²) in [6.45, 7) is 0.498. The fraction of sp³-hybridized carbons (Fsp3) is 0.208. The van der Waals surface area contributed by atoms with Crippen molar-refractivity contribution in [1.82, 2.24) is 4.90 Å². The third kappa shape index (κ3) is 4.94. The number of hydrogen-bond donors (Lipinski definition) is 0. The number of carbonyl (C=O) groups is 1. The molecule has 0 saturated heterocycles. The number of fused-ring (bicyclic) bond motifs is 1. The normalized spacial score (nSPS) is 14.6. The molecule has 0 radical (unpaired) electrons. The van der Waals surface area contributed by atoms with Gasteiger partial charge in [0.25, 0.3) is 0 Å². The van der Waals surface area contributed by atoms with Crippen LogP contribution < -0.4 is 4.74 Å². The molecule has 1 atom stereocenters. The van der Waals surface area contributed by atoms with Crippen molar-refractivity contribution in [3.63, 3.8) is 0 Å². The Hall–Kier alpha value is -2.76. The number of rotatable bonds is 5. The van der Waals surface area contributed by atoms with Crippen LogP contribution in [0.15, 0.2) is 60.7 Å². The zero-order valence-corrected chi connectivity index (χ0v) is 18.3. The van der Waals surface area contributed by atoms with E-state index in [2.05, 4.69) is 0 Å². The fourth-order valence-corrected chi connectivity index (χ4v) is 4.12. The average Bonchev–Trinajstić information content (AvgIpc) is 3.14. The van der Waals surface area contributed by atoms with Gasteiger partial charge in [-0.05, 0) is 29.8 Å². The minimum absolute atomic E-state index is 0.195. The molecule has 3 aromatic carbocycles. The molecule has 1 heterocycles. The summed E-state index contributed by atoms with van der Waals surface area (Å²) in [5.74, 6) is 0.196. The van der Waals surface area contributed by atoms with E-state index in [0.29, 0.717) is 39.9 Å². The number of hydrogen-bond acceptors (Lipinski definition) is 3. The standard InChI is InChI=1S/C24H20Cl2FNO3/c1-28(24(29)30-14-15-5-3-2-4-6-15)13-19-10-16-9-18(27)12-21(23(16)31-19)20-8-7-17(25)11-22(20)26/h2-9,11-12,19H,10,13-14H2,1H3. The molecule has 1 amide bonds. The number of carbonyl (C=O) groups excluding carboxylic acids is 1. The van der Waals surface area contributed by atoms with Crippen LogP contribution >= 0.6 is 23.2 Å². The van der Waals surface area contributed by atoms with E-state index in [1.807, 2.05) is 30.3 Å². The Morgan fingerprint density at radius 2 is 1.90 bits per heavy atom. The molecule has 7 heteroatoms. The maximum Gasteiger partial charge on any atom is 0.409 e. The van der Waals surface area contributed by atoms with Gasteiger partial charge in [-0.15, -0.1) is 0 Å². The first-order chi connectivity index (χ1) is 14.9. The Labute approximate surface area is 190 Å². The van der Waals surface area contributed by atoms with E-state index in [-0.39, 0.29) is 18.5 Å². The molecule has 0 bridgehead atoms. The number of benzene rings is 3. The van der Waals surface area contributed by atoms with Gasteiger partial charge in [0, 0.05) is 35.2 Å². The second-order valence-corrected chi connectivity index (χ2v) is 8.27. The molecule has 1 aliphatic heterocycles. The largest absolute Gasteiger partial charge is 0.487 e. The Morgan fingerprint density at radius 3 is 2.65 bits per heavy atom. The van der Waals surface area contributed by atoms with Gasteiger partial charge in [0.1, 0.15) is 24.3 Å². The van der Waals surface area contributed by atoms with E-state index < -0.39 is 6.09 Å². The number of halogens is 3. The number of nitrogens with zero attached hydrogens (tertiary/aromatic N) is 1. The molecule has 1 aliphatic rings. The lowest BCUT2D eigenvalue weighted by Crippen LogP contribution is -2.36. The molecule has 0 fully saturated rings. The second kappa shape index (κ2) is 9.16. The molecule has 0 aliphatic carbocycles. The van der Waals surface area contributed by atoms with Gasteiger partial charge in [-0.3, -0.25) is 0 Å². The first-order valence-corrected chi connectivity index (χ1v) is 10.5. The number of likely N-dealkylation sites (N-methyl/N-ethyl adjacent to an activating group) is 1. The van der Waals surface area contributed by atoms with Crippen LogP contribution in [0.25, 0.3) is 11.1 Å². The minimum Gasteiger partial charge on any atom is -0.487 e. The molecule has 4 rings (SSSR count). The van der Waals surface area contributed by atoms with Crippen molar-refractivity contribution in [1.29, 1.82) is 0 Å². The summed E-state index contributed by atoms with van der Waals surface area (Å²) in [5.41, 5.74) is 2.84. The van der Waals surface area contributed by atoms with E-state index in [4.69, 9.17) is 32.7 Å². The van der Waals surface area contributed by atoms with Crippen molar-refractivity contribution in [2.75, 3.05) is 13.6 Å². The predicted molar refractivity (Wildman–Crippen MR) is 119 cm³/mol. The fourth-order valence-electron chi connectivity index (χ4n) is 3.61. The quantitative estimate of drug-likeness (QED) is 0.444. The van der Waals surface area contributed by atoms with Crippen LogP contribution in [-0.4, -0.2) is 30.7 Å². The molecule has 0 saturated carbocycles. The highest BCUT2D eigenvalue weighted by atomic mass is 35.5. The predicted octanol–water partition coefficient (Wildman–Crippen LogP) is 6.37. The second-order valence-electron chi connectivity index (χ2n) is 7.43. The van der Waals surface area contributed by atoms with E-state index in [0.717, 1.165) is 11.1 Å². The third-order valence-electron chi connectivity index (χ3n) is 5.08. The first kappa shape index (κ1) is 21.5. The zero-order valence-electron chi connectivity index (χ0n) is 16.8. The molecule has 31 heavy (non-hydrogen) atoms. The van der Waals surface area contributed by atoms with Gasteiger partial charge in [-0.1, -0.05) is 59.6 Å². The van der Waals surface area contributed by atoms with Crippen LogP contribution in [0.5, 0.6) is 5.75 Å². The molecule has 0 aromatic heterocycles. The topological polar surface area (TPSA) is 38.8 Å². The third-order valence-corrected chi connectivity index (χ3v) is 5.63.